The summed E-state index contributed by atoms with van der Waals surface area (Å²) in [6.07, 6.45) is 1.49. The Kier molecular flexibility index (Phi) is 6.84. The minimum Gasteiger partial charge on any atom is -0.462 e. The molecule has 0 fully saturated rings. The number of esters is 1. The number of benzene rings is 2. The van der Waals surface area contributed by atoms with Gasteiger partial charge in [0.05, 0.1) is 12.9 Å². The monoisotopic (exact) mass is 468 g/mol. The van der Waals surface area contributed by atoms with Crippen molar-refractivity contribution in [2.24, 2.45) is 4.99 Å². The molecular formula is C23H21BrN2O4. The van der Waals surface area contributed by atoms with Crippen LogP contribution in [0.15, 0.2) is 73.3 Å². The van der Waals surface area contributed by atoms with E-state index >= 15 is 0 Å². The molecule has 0 saturated heterocycles. The van der Waals surface area contributed by atoms with Crippen LogP contribution in [0, 0.1) is 0 Å². The summed E-state index contributed by atoms with van der Waals surface area (Å²) < 4.78 is 11.7. The molecule has 0 aliphatic carbocycles. The molecule has 0 atom stereocenters. The fraction of sp³-hybridized carbons (Fsp3) is 0.174. The van der Waals surface area contributed by atoms with Crippen LogP contribution in [-0.2, 0) is 4.74 Å². The zero-order valence-electron chi connectivity index (χ0n) is 16.9. The van der Waals surface area contributed by atoms with Gasteiger partial charge in [0.1, 0.15) is 5.56 Å². The third-order valence-corrected chi connectivity index (χ3v) is 4.87. The van der Waals surface area contributed by atoms with Crippen molar-refractivity contribution in [1.82, 2.24) is 4.90 Å². The summed E-state index contributed by atoms with van der Waals surface area (Å²) in [6.45, 7) is 1.90. The average Bonchev–Trinajstić information content (AvgIpc) is 2.73. The highest BCUT2D eigenvalue weighted by Crippen LogP contribution is 2.40. The van der Waals surface area contributed by atoms with Gasteiger partial charge in [0.2, 0.25) is 0 Å². The Morgan fingerprint density at radius 1 is 1.13 bits per heavy atom. The largest absolute Gasteiger partial charge is 0.462 e. The number of carbonyl (C=O) groups is 1. The smallest absolute Gasteiger partial charge is 0.363 e. The first-order valence-corrected chi connectivity index (χ1v) is 10.1. The second kappa shape index (κ2) is 9.54. The van der Waals surface area contributed by atoms with E-state index in [1.165, 1.54) is 6.34 Å². The average molecular weight is 469 g/mol. The second-order valence-corrected chi connectivity index (χ2v) is 7.45. The van der Waals surface area contributed by atoms with Crippen molar-refractivity contribution >= 4 is 33.9 Å². The molecule has 0 aliphatic rings. The molecule has 0 N–H and O–H groups in total. The summed E-state index contributed by atoms with van der Waals surface area (Å²) in [4.78, 5) is 32.1. The van der Waals surface area contributed by atoms with Crippen LogP contribution in [-0.4, -0.2) is 37.9 Å². The maximum Gasteiger partial charge on any atom is 0.363 e. The molecule has 3 aromatic rings. The van der Waals surface area contributed by atoms with Gasteiger partial charge in [-0.3, -0.25) is 0 Å². The number of ether oxygens (including phenoxy) is 1. The Morgan fingerprint density at radius 2 is 1.80 bits per heavy atom. The van der Waals surface area contributed by atoms with Crippen molar-refractivity contribution in [3.05, 3.63) is 75.1 Å². The molecule has 0 saturated carbocycles. The zero-order valence-corrected chi connectivity index (χ0v) is 18.5. The molecule has 0 bridgehead atoms. The van der Waals surface area contributed by atoms with Crippen molar-refractivity contribution < 1.29 is 13.9 Å². The molecule has 30 heavy (non-hydrogen) atoms. The van der Waals surface area contributed by atoms with Crippen LogP contribution in [0.3, 0.4) is 0 Å². The number of rotatable bonds is 6. The van der Waals surface area contributed by atoms with Gasteiger partial charge in [-0.15, -0.1) is 0 Å². The van der Waals surface area contributed by atoms with Gasteiger partial charge in [0.25, 0.3) is 0 Å². The number of aliphatic imine (C=N–C) groups is 1. The van der Waals surface area contributed by atoms with Gasteiger partial charge in [-0.1, -0.05) is 64.5 Å². The van der Waals surface area contributed by atoms with E-state index in [0.717, 1.165) is 0 Å². The van der Waals surface area contributed by atoms with Gasteiger partial charge in [0, 0.05) is 29.7 Å². The van der Waals surface area contributed by atoms with Crippen LogP contribution < -0.4 is 5.63 Å². The number of nitrogens with zero attached hydrogens (tertiary/aromatic N) is 2. The van der Waals surface area contributed by atoms with Crippen LogP contribution in [0.5, 0.6) is 0 Å². The van der Waals surface area contributed by atoms with Gasteiger partial charge in [-0.25, -0.2) is 14.6 Å². The minimum atomic E-state index is -0.647. The molecule has 6 nitrogen and oxygen atoms in total. The van der Waals surface area contributed by atoms with E-state index in [4.69, 9.17) is 9.15 Å². The molecule has 0 spiro atoms. The number of hydrogen-bond acceptors (Lipinski definition) is 5. The van der Waals surface area contributed by atoms with Crippen molar-refractivity contribution in [3.63, 3.8) is 0 Å². The first-order chi connectivity index (χ1) is 14.4. The van der Waals surface area contributed by atoms with Crippen LogP contribution in [0.2, 0.25) is 0 Å². The number of carbonyl (C=O) groups excluding carboxylic acids is 1. The lowest BCUT2D eigenvalue weighted by Crippen LogP contribution is -2.15. The molecule has 0 radical (unpaired) electrons. The molecule has 0 unspecified atom stereocenters. The van der Waals surface area contributed by atoms with E-state index in [0.29, 0.717) is 21.2 Å². The van der Waals surface area contributed by atoms with Gasteiger partial charge in [0.15, 0.2) is 11.4 Å². The topological polar surface area (TPSA) is 72.1 Å². The first-order valence-electron chi connectivity index (χ1n) is 9.33. The van der Waals surface area contributed by atoms with Gasteiger partial charge < -0.3 is 14.1 Å². The fourth-order valence-corrected chi connectivity index (χ4v) is 3.42. The molecule has 3 rings (SSSR count). The molecule has 7 heteroatoms. The standard InChI is InChI=1S/C23H21BrN2O4/c1-4-29-22(27)19-18(16-12-8-9-13-17(16)24)20(25-14-26(2)3)23(28)30-21(19)15-10-6-5-7-11-15/h5-14H,4H2,1-3H3. The van der Waals surface area contributed by atoms with Crippen molar-refractivity contribution in [1.29, 1.82) is 0 Å². The molecule has 154 valence electrons. The molecule has 2 aromatic carbocycles. The molecule has 1 heterocycles. The van der Waals surface area contributed by atoms with E-state index in [1.54, 1.807) is 50.2 Å². The third kappa shape index (κ3) is 4.52. The van der Waals surface area contributed by atoms with Crippen LogP contribution in [0.1, 0.15) is 17.3 Å². The molecule has 1 aromatic heterocycles. The van der Waals surface area contributed by atoms with E-state index in [9.17, 15) is 9.59 Å². The third-order valence-electron chi connectivity index (χ3n) is 4.18. The Bertz CT molecular complexity index is 1140. The van der Waals surface area contributed by atoms with E-state index < -0.39 is 11.6 Å². The Morgan fingerprint density at radius 3 is 2.43 bits per heavy atom. The van der Waals surface area contributed by atoms with Gasteiger partial charge in [-0.05, 0) is 18.6 Å². The van der Waals surface area contributed by atoms with Crippen LogP contribution in [0.4, 0.5) is 5.69 Å². The van der Waals surface area contributed by atoms with E-state index in [-0.39, 0.29) is 23.6 Å². The van der Waals surface area contributed by atoms with Crippen molar-refractivity contribution in [2.45, 2.75) is 6.92 Å². The summed E-state index contributed by atoms with van der Waals surface area (Å²) in [5.74, 6) is -0.444. The van der Waals surface area contributed by atoms with E-state index in [2.05, 4.69) is 20.9 Å². The zero-order chi connectivity index (χ0) is 21.7. The lowest BCUT2D eigenvalue weighted by atomic mass is 9.95. The highest BCUT2D eigenvalue weighted by atomic mass is 79.9. The number of hydrogen-bond donors (Lipinski definition) is 0. The first kappa shape index (κ1) is 21.5. The maximum atomic E-state index is 13.1. The molecule has 0 amide bonds. The second-order valence-electron chi connectivity index (χ2n) is 6.59. The van der Waals surface area contributed by atoms with Crippen molar-refractivity contribution in [3.8, 4) is 22.5 Å². The molecule has 0 aliphatic heterocycles. The summed E-state index contributed by atoms with van der Waals surface area (Å²) in [6, 6.07) is 16.3. The van der Waals surface area contributed by atoms with Crippen molar-refractivity contribution in [2.75, 3.05) is 20.7 Å². The van der Waals surface area contributed by atoms with Gasteiger partial charge in [-0.2, -0.15) is 0 Å². The van der Waals surface area contributed by atoms with Gasteiger partial charge >= 0.3 is 11.6 Å². The van der Waals surface area contributed by atoms with Crippen LogP contribution >= 0.6 is 15.9 Å². The Hall–Kier alpha value is -3.19. The fourth-order valence-electron chi connectivity index (χ4n) is 2.93. The lowest BCUT2D eigenvalue weighted by Gasteiger charge is -2.16. The maximum absolute atomic E-state index is 13.1. The summed E-state index contributed by atoms with van der Waals surface area (Å²) in [5.41, 5.74) is 1.12. The minimum absolute atomic E-state index is 0.0262. The SMILES string of the molecule is CCOC(=O)c1c(-c2ccccc2)oc(=O)c(N=CN(C)C)c1-c1ccccc1Br. The Balaban J connectivity index is 2.47. The molecular weight excluding hydrogens is 448 g/mol. The van der Waals surface area contributed by atoms with E-state index in [1.807, 2.05) is 30.3 Å². The number of halogens is 1. The Labute approximate surface area is 182 Å². The summed E-state index contributed by atoms with van der Waals surface area (Å²) in [5, 5.41) is 0. The highest BCUT2D eigenvalue weighted by molar-refractivity contribution is 9.10. The predicted octanol–water partition coefficient (Wildman–Crippen LogP) is 5.13. The van der Waals surface area contributed by atoms with Crippen LogP contribution in [0.25, 0.3) is 22.5 Å². The normalized spacial score (nSPS) is 10.9. The summed E-state index contributed by atoms with van der Waals surface area (Å²) >= 11 is 3.53. The quantitative estimate of drug-likeness (QED) is 0.284. The summed E-state index contributed by atoms with van der Waals surface area (Å²) in [7, 11) is 3.57. The highest BCUT2D eigenvalue weighted by Gasteiger charge is 2.28. The predicted molar refractivity (Wildman–Crippen MR) is 121 cm³/mol. The lowest BCUT2D eigenvalue weighted by molar-refractivity contribution is 0.0526.